The number of urea groups is 1. The number of halogens is 2. The molecule has 4 aromatic rings. The molecule has 37 heavy (non-hydrogen) atoms. The second kappa shape index (κ2) is 11.2. The van der Waals surface area contributed by atoms with Crippen LogP contribution in [0.4, 0.5) is 36.5 Å². The Bertz CT molecular complexity index is 1380. The molecule has 2 aromatic carbocycles. The molecule has 0 unspecified atom stereocenters. The monoisotopic (exact) mass is 507 g/mol. The van der Waals surface area contributed by atoms with Crippen LogP contribution in [0.25, 0.3) is 0 Å². The van der Waals surface area contributed by atoms with Gasteiger partial charge in [0.05, 0.1) is 11.3 Å². The molecule has 11 nitrogen and oxygen atoms in total. The lowest BCUT2D eigenvalue weighted by Gasteiger charge is -2.20. The van der Waals surface area contributed by atoms with Crippen molar-refractivity contribution >= 4 is 34.8 Å². The minimum atomic E-state index is -0.797. The Hall–Kier alpha value is -4.94. The predicted octanol–water partition coefficient (Wildman–Crippen LogP) is 3.56. The summed E-state index contributed by atoms with van der Waals surface area (Å²) in [6, 6.07) is 10.7. The number of nitrogens with two attached hydrogens (primary N) is 1. The van der Waals surface area contributed by atoms with Gasteiger partial charge in [0.1, 0.15) is 17.5 Å². The van der Waals surface area contributed by atoms with Crippen LogP contribution in [0, 0.1) is 11.6 Å². The van der Waals surface area contributed by atoms with Gasteiger partial charge in [0, 0.05) is 42.7 Å². The number of hydrogen-bond acceptors (Lipinski definition) is 7. The molecule has 0 aliphatic rings. The van der Waals surface area contributed by atoms with Crippen LogP contribution in [0.15, 0.2) is 54.7 Å². The van der Waals surface area contributed by atoms with Gasteiger partial charge in [0.25, 0.3) is 5.91 Å². The molecule has 0 spiro atoms. The number of carbonyl (C=O) groups is 2. The number of aromatic amines is 1. The number of H-pyrrole nitrogens is 1. The van der Waals surface area contributed by atoms with E-state index < -0.39 is 23.6 Å². The first-order valence-corrected chi connectivity index (χ1v) is 11.2. The molecule has 0 aliphatic heterocycles. The fourth-order valence-corrected chi connectivity index (χ4v) is 3.59. The molecule has 0 saturated carbocycles. The van der Waals surface area contributed by atoms with E-state index in [1.807, 2.05) is 12.1 Å². The third-order valence-corrected chi connectivity index (χ3v) is 5.37. The molecule has 4 rings (SSSR count). The van der Waals surface area contributed by atoms with Gasteiger partial charge in [-0.3, -0.25) is 9.69 Å². The molecule has 0 saturated heterocycles. The first-order valence-electron chi connectivity index (χ1n) is 11.2. The number of benzene rings is 2. The van der Waals surface area contributed by atoms with E-state index >= 15 is 0 Å². The largest absolute Gasteiger partial charge is 0.355 e. The van der Waals surface area contributed by atoms with Gasteiger partial charge in [-0.25, -0.2) is 18.6 Å². The van der Waals surface area contributed by atoms with E-state index in [1.165, 1.54) is 17.2 Å². The summed E-state index contributed by atoms with van der Waals surface area (Å²) in [5, 5.41) is 19.4. The second-order valence-electron chi connectivity index (χ2n) is 7.93. The minimum absolute atomic E-state index is 0.0665. The van der Waals surface area contributed by atoms with E-state index in [-0.39, 0.29) is 29.3 Å². The van der Waals surface area contributed by atoms with Gasteiger partial charge in [-0.05, 0) is 43.2 Å². The Morgan fingerprint density at radius 1 is 1.03 bits per heavy atom. The van der Waals surface area contributed by atoms with Crippen LogP contribution < -0.4 is 21.3 Å². The Morgan fingerprint density at radius 3 is 2.38 bits per heavy atom. The van der Waals surface area contributed by atoms with Crippen molar-refractivity contribution in [1.29, 1.82) is 0 Å². The van der Waals surface area contributed by atoms with E-state index in [9.17, 15) is 18.4 Å². The molecule has 3 amide bonds. The number of nitrogens with one attached hydrogen (secondary N) is 3. The first-order chi connectivity index (χ1) is 17.8. The number of hydrogen-bond donors (Lipinski definition) is 4. The van der Waals surface area contributed by atoms with Gasteiger partial charge in [0.2, 0.25) is 0 Å². The number of anilines is 4. The average Bonchev–Trinajstić information content (AvgIpc) is 3.37. The summed E-state index contributed by atoms with van der Waals surface area (Å²) in [5.74, 6) is -1.36. The topological polar surface area (TPSA) is 155 Å². The van der Waals surface area contributed by atoms with Gasteiger partial charge >= 0.3 is 6.03 Å². The molecule has 2 aromatic heterocycles. The number of pyridine rings is 1. The third kappa shape index (κ3) is 6.39. The number of rotatable bonds is 9. The lowest BCUT2D eigenvalue weighted by atomic mass is 10.1. The fourth-order valence-electron chi connectivity index (χ4n) is 3.59. The van der Waals surface area contributed by atoms with Crippen LogP contribution >= 0.6 is 0 Å². The summed E-state index contributed by atoms with van der Waals surface area (Å²) in [6.07, 6.45) is 2.55. The molecular weight excluding hydrogens is 484 g/mol. The molecule has 0 aliphatic carbocycles. The maximum Gasteiger partial charge on any atom is 0.320 e. The van der Waals surface area contributed by atoms with Crippen LogP contribution in [0.3, 0.4) is 0 Å². The zero-order chi connectivity index (χ0) is 26.4. The smallest absolute Gasteiger partial charge is 0.320 e. The summed E-state index contributed by atoms with van der Waals surface area (Å²) in [6.45, 7) is 1.93. The summed E-state index contributed by atoms with van der Waals surface area (Å²) >= 11 is 0. The van der Waals surface area contributed by atoms with E-state index in [0.29, 0.717) is 24.4 Å². The summed E-state index contributed by atoms with van der Waals surface area (Å²) < 4.78 is 27.5. The van der Waals surface area contributed by atoms with Crippen LogP contribution in [0.2, 0.25) is 0 Å². The van der Waals surface area contributed by atoms with E-state index in [0.717, 1.165) is 23.8 Å². The fraction of sp³-hybridized carbons (Fsp3) is 0.167. The normalized spacial score (nSPS) is 10.7. The van der Waals surface area contributed by atoms with Crippen molar-refractivity contribution in [2.24, 2.45) is 5.73 Å². The predicted molar refractivity (Wildman–Crippen MR) is 132 cm³/mol. The van der Waals surface area contributed by atoms with E-state index in [2.05, 4.69) is 36.2 Å². The molecule has 0 fully saturated rings. The lowest BCUT2D eigenvalue weighted by molar-refractivity contribution is 0.102. The molecule has 13 heteroatoms. The number of primary amides is 1. The maximum absolute atomic E-state index is 13.8. The molecular formula is C24H23F2N9O2. The SMILES string of the molecule is CCN(C(N)=O)c1cc(Nc2cc(F)cc(F)c2)c(C(=O)Nc2ccc(CCc3nn[nH]n3)cc2)cn1. The molecule has 0 atom stereocenters. The van der Waals surface area contributed by atoms with E-state index in [1.54, 1.807) is 19.1 Å². The maximum atomic E-state index is 13.8. The van der Waals surface area contributed by atoms with Gasteiger partial charge in [-0.2, -0.15) is 5.21 Å². The summed E-state index contributed by atoms with van der Waals surface area (Å²) in [5.41, 5.74) is 7.27. The Kier molecular flexibility index (Phi) is 7.62. The minimum Gasteiger partial charge on any atom is -0.355 e. The second-order valence-corrected chi connectivity index (χ2v) is 7.93. The zero-order valence-corrected chi connectivity index (χ0v) is 19.7. The van der Waals surface area contributed by atoms with Crippen molar-refractivity contribution in [1.82, 2.24) is 25.6 Å². The van der Waals surface area contributed by atoms with Crippen LogP contribution in [-0.2, 0) is 12.8 Å². The Morgan fingerprint density at radius 2 is 1.76 bits per heavy atom. The van der Waals surface area contributed by atoms with Gasteiger partial charge in [-0.15, -0.1) is 10.2 Å². The third-order valence-electron chi connectivity index (χ3n) is 5.37. The Labute approximate surface area is 210 Å². The van der Waals surface area contributed by atoms with E-state index in [4.69, 9.17) is 5.73 Å². The number of aryl methyl sites for hydroxylation is 2. The number of tetrazole rings is 1. The molecule has 0 radical (unpaired) electrons. The highest BCUT2D eigenvalue weighted by Crippen LogP contribution is 2.27. The van der Waals surface area contributed by atoms with Crippen molar-refractivity contribution in [3.05, 3.63) is 83.3 Å². The van der Waals surface area contributed by atoms with Crippen molar-refractivity contribution in [2.75, 3.05) is 22.1 Å². The molecule has 2 heterocycles. The van der Waals surface area contributed by atoms with Crippen LogP contribution in [-0.4, -0.2) is 44.1 Å². The van der Waals surface area contributed by atoms with Gasteiger partial charge < -0.3 is 16.4 Å². The van der Waals surface area contributed by atoms with Crippen LogP contribution in [0.1, 0.15) is 28.7 Å². The summed E-state index contributed by atoms with van der Waals surface area (Å²) in [7, 11) is 0. The first kappa shape index (κ1) is 25.2. The van der Waals surface area contributed by atoms with Crippen molar-refractivity contribution in [2.45, 2.75) is 19.8 Å². The van der Waals surface area contributed by atoms with Crippen molar-refractivity contribution in [3.8, 4) is 0 Å². The molecule has 0 bridgehead atoms. The quantitative estimate of drug-likeness (QED) is 0.270. The highest BCUT2D eigenvalue weighted by atomic mass is 19.1. The van der Waals surface area contributed by atoms with Crippen LogP contribution in [0.5, 0.6) is 0 Å². The highest BCUT2D eigenvalue weighted by molar-refractivity contribution is 6.08. The van der Waals surface area contributed by atoms with Gasteiger partial charge in [0.15, 0.2) is 5.82 Å². The standard InChI is InChI=1S/C24H23F2N9O2/c1-2-35(24(27)37)22-12-20(29-18-10-15(25)9-16(26)11-18)19(13-28-22)23(36)30-17-6-3-14(4-7-17)5-8-21-31-33-34-32-21/h3-4,6-7,9-13H,2,5,8H2,1H3,(H2,27,37)(H,28,29)(H,30,36)(H,31,32,33,34). The summed E-state index contributed by atoms with van der Waals surface area (Å²) in [4.78, 5) is 30.3. The number of amides is 3. The Balaban J connectivity index is 1.56. The molecule has 5 N–H and O–H groups in total. The van der Waals surface area contributed by atoms with Crippen molar-refractivity contribution < 1.29 is 18.4 Å². The number of carbonyl (C=O) groups excluding carboxylic acids is 2. The number of aromatic nitrogens is 5. The van der Waals surface area contributed by atoms with Crippen molar-refractivity contribution in [3.63, 3.8) is 0 Å². The molecule has 190 valence electrons. The lowest BCUT2D eigenvalue weighted by Crippen LogP contribution is -2.36. The average molecular weight is 508 g/mol. The zero-order valence-electron chi connectivity index (χ0n) is 19.7. The highest BCUT2D eigenvalue weighted by Gasteiger charge is 2.19. The number of nitrogens with zero attached hydrogens (tertiary/aromatic N) is 5. The van der Waals surface area contributed by atoms with Gasteiger partial charge in [-0.1, -0.05) is 17.3 Å².